The first-order chi connectivity index (χ1) is 9.74. The molecule has 0 bridgehead atoms. The number of alkyl halides is 3. The number of halogens is 3. The molecule has 0 aliphatic heterocycles. The lowest BCUT2D eigenvalue weighted by Gasteiger charge is -2.31. The van der Waals surface area contributed by atoms with E-state index >= 15 is 0 Å². The van der Waals surface area contributed by atoms with Crippen molar-refractivity contribution < 1.29 is 18.3 Å². The van der Waals surface area contributed by atoms with Gasteiger partial charge in [0.15, 0.2) is 0 Å². The Morgan fingerprint density at radius 2 is 2.05 bits per heavy atom. The van der Waals surface area contributed by atoms with E-state index in [0.29, 0.717) is 5.56 Å². The molecule has 0 saturated carbocycles. The Morgan fingerprint density at radius 3 is 2.57 bits per heavy atom. The predicted octanol–water partition coefficient (Wildman–Crippen LogP) is 4.22. The molecule has 3 nitrogen and oxygen atoms in total. The lowest BCUT2D eigenvalue weighted by molar-refractivity contribution is -0.0498. The average Bonchev–Trinajstić information content (AvgIpc) is 2.36. The van der Waals surface area contributed by atoms with Gasteiger partial charge in [-0.15, -0.1) is 0 Å². The molecule has 0 aliphatic rings. The zero-order chi connectivity index (χ0) is 16.0. The van der Waals surface area contributed by atoms with Crippen molar-refractivity contribution in [2.45, 2.75) is 39.8 Å². The van der Waals surface area contributed by atoms with Crippen LogP contribution in [0.4, 0.5) is 8.78 Å². The van der Waals surface area contributed by atoms with Crippen molar-refractivity contribution in [1.82, 2.24) is 5.32 Å². The van der Waals surface area contributed by atoms with E-state index < -0.39 is 6.61 Å². The monoisotopic (exact) mass is 363 g/mol. The minimum absolute atomic E-state index is 0.0227. The normalized spacial score (nSPS) is 13.1. The minimum Gasteiger partial charge on any atom is -0.435 e. The van der Waals surface area contributed by atoms with E-state index in [1.165, 1.54) is 18.2 Å². The van der Waals surface area contributed by atoms with Crippen LogP contribution < -0.4 is 10.1 Å². The van der Waals surface area contributed by atoms with Gasteiger partial charge in [-0.05, 0) is 30.0 Å². The summed E-state index contributed by atoms with van der Waals surface area (Å²) < 4.78 is 28.7. The van der Waals surface area contributed by atoms with Crippen molar-refractivity contribution in [3.05, 3.63) is 29.8 Å². The van der Waals surface area contributed by atoms with Gasteiger partial charge in [-0.3, -0.25) is 4.79 Å². The molecule has 0 spiro atoms. The Balaban J connectivity index is 2.82. The second-order valence-electron chi connectivity index (χ2n) is 5.78. The van der Waals surface area contributed by atoms with Crippen molar-refractivity contribution >= 4 is 21.8 Å². The lowest BCUT2D eigenvalue weighted by atomic mass is 9.85. The molecule has 0 fully saturated rings. The van der Waals surface area contributed by atoms with Crippen LogP contribution in [0, 0.1) is 5.41 Å². The molecular formula is C15H20BrF2NO2. The molecule has 1 amide bonds. The molecule has 0 radical (unpaired) electrons. The highest BCUT2D eigenvalue weighted by atomic mass is 79.9. The molecule has 1 aromatic rings. The molecule has 1 aromatic carbocycles. The first-order valence-corrected chi connectivity index (χ1v) is 7.78. The number of hydrogen-bond acceptors (Lipinski definition) is 2. The van der Waals surface area contributed by atoms with Crippen LogP contribution in [-0.4, -0.2) is 23.9 Å². The van der Waals surface area contributed by atoms with E-state index in [1.54, 1.807) is 6.07 Å². The van der Waals surface area contributed by atoms with Crippen LogP contribution in [-0.2, 0) is 0 Å². The van der Waals surface area contributed by atoms with Gasteiger partial charge < -0.3 is 10.1 Å². The van der Waals surface area contributed by atoms with E-state index in [4.69, 9.17) is 0 Å². The molecular weight excluding hydrogens is 344 g/mol. The maximum Gasteiger partial charge on any atom is 0.387 e. The van der Waals surface area contributed by atoms with E-state index in [9.17, 15) is 13.6 Å². The van der Waals surface area contributed by atoms with Gasteiger partial charge in [0.25, 0.3) is 5.91 Å². The fourth-order valence-electron chi connectivity index (χ4n) is 1.89. The van der Waals surface area contributed by atoms with Crippen LogP contribution >= 0.6 is 15.9 Å². The summed E-state index contributed by atoms with van der Waals surface area (Å²) in [7, 11) is 0. The fraction of sp³-hybridized carbons (Fsp3) is 0.533. The number of carbonyl (C=O) groups is 1. The molecule has 0 aliphatic carbocycles. The number of hydrogen-bond donors (Lipinski definition) is 1. The first kappa shape index (κ1) is 17.9. The summed E-state index contributed by atoms with van der Waals surface area (Å²) in [5.74, 6) is -0.318. The topological polar surface area (TPSA) is 38.3 Å². The van der Waals surface area contributed by atoms with Crippen LogP contribution in [0.25, 0.3) is 0 Å². The van der Waals surface area contributed by atoms with Crippen molar-refractivity contribution in [1.29, 1.82) is 0 Å². The molecule has 6 heteroatoms. The highest BCUT2D eigenvalue weighted by Gasteiger charge is 2.26. The summed E-state index contributed by atoms with van der Waals surface area (Å²) >= 11 is 3.37. The van der Waals surface area contributed by atoms with Crippen molar-refractivity contribution in [2.75, 3.05) is 5.33 Å². The number of rotatable bonds is 6. The third kappa shape index (κ3) is 5.99. The van der Waals surface area contributed by atoms with E-state index in [-0.39, 0.29) is 23.1 Å². The zero-order valence-corrected chi connectivity index (χ0v) is 13.9. The number of amides is 1. The number of benzene rings is 1. The molecule has 1 unspecified atom stereocenters. The summed E-state index contributed by atoms with van der Waals surface area (Å²) in [6, 6.07) is 5.77. The van der Waals surface area contributed by atoms with Crippen LogP contribution in [0.15, 0.2) is 24.3 Å². The standard InChI is InChI=1S/C15H20BrF2NO2/c1-15(2,3)12(7-8-16)19-13(20)10-5-4-6-11(9-10)21-14(17)18/h4-6,9,12,14H,7-8H2,1-3H3,(H,19,20). The smallest absolute Gasteiger partial charge is 0.387 e. The van der Waals surface area contributed by atoms with Crippen LogP contribution in [0.3, 0.4) is 0 Å². The number of nitrogens with one attached hydrogen (secondary N) is 1. The zero-order valence-electron chi connectivity index (χ0n) is 12.3. The maximum atomic E-state index is 12.2. The highest BCUT2D eigenvalue weighted by Crippen LogP contribution is 2.23. The van der Waals surface area contributed by atoms with Gasteiger partial charge in [-0.2, -0.15) is 8.78 Å². The largest absolute Gasteiger partial charge is 0.435 e. The molecule has 1 atom stereocenters. The van der Waals surface area contributed by atoms with Crippen LogP contribution in [0.1, 0.15) is 37.6 Å². The molecule has 0 saturated heterocycles. The van der Waals surface area contributed by atoms with Gasteiger partial charge >= 0.3 is 6.61 Å². The Labute approximate surface area is 132 Å². The summed E-state index contributed by atoms with van der Waals surface area (Å²) in [5, 5.41) is 3.71. The van der Waals surface area contributed by atoms with Crippen molar-refractivity contribution in [2.24, 2.45) is 5.41 Å². The van der Waals surface area contributed by atoms with Gasteiger partial charge in [0.2, 0.25) is 0 Å². The summed E-state index contributed by atoms with van der Waals surface area (Å²) in [5.41, 5.74) is 0.206. The lowest BCUT2D eigenvalue weighted by Crippen LogP contribution is -2.44. The summed E-state index contributed by atoms with van der Waals surface area (Å²) in [6.07, 6.45) is 0.780. The second-order valence-corrected chi connectivity index (χ2v) is 6.57. The number of carbonyl (C=O) groups excluding carboxylic acids is 1. The van der Waals surface area contributed by atoms with Crippen molar-refractivity contribution in [3.63, 3.8) is 0 Å². The van der Waals surface area contributed by atoms with Gasteiger partial charge in [-0.25, -0.2) is 0 Å². The molecule has 0 heterocycles. The first-order valence-electron chi connectivity index (χ1n) is 6.65. The third-order valence-corrected chi connectivity index (χ3v) is 3.53. The summed E-state index contributed by atoms with van der Waals surface area (Å²) in [4.78, 5) is 12.2. The van der Waals surface area contributed by atoms with E-state index in [1.807, 2.05) is 20.8 Å². The van der Waals surface area contributed by atoms with Crippen LogP contribution in [0.2, 0.25) is 0 Å². The van der Waals surface area contributed by atoms with E-state index in [2.05, 4.69) is 26.0 Å². The Morgan fingerprint density at radius 1 is 1.38 bits per heavy atom. The average molecular weight is 364 g/mol. The van der Waals surface area contributed by atoms with Gasteiger partial charge in [0, 0.05) is 16.9 Å². The Kier molecular flexibility index (Phi) is 6.58. The van der Waals surface area contributed by atoms with Gasteiger partial charge in [0.1, 0.15) is 5.75 Å². The van der Waals surface area contributed by atoms with Crippen LogP contribution in [0.5, 0.6) is 5.75 Å². The fourth-order valence-corrected chi connectivity index (χ4v) is 2.34. The maximum absolute atomic E-state index is 12.2. The Hall–Kier alpha value is -1.17. The minimum atomic E-state index is -2.90. The second kappa shape index (κ2) is 7.73. The highest BCUT2D eigenvalue weighted by molar-refractivity contribution is 9.09. The molecule has 118 valence electrons. The molecule has 1 N–H and O–H groups in total. The van der Waals surface area contributed by atoms with Gasteiger partial charge in [0.05, 0.1) is 0 Å². The molecule has 21 heavy (non-hydrogen) atoms. The predicted molar refractivity (Wildman–Crippen MR) is 82.2 cm³/mol. The number of ether oxygens (including phenoxy) is 1. The van der Waals surface area contributed by atoms with Crippen molar-refractivity contribution in [3.8, 4) is 5.75 Å². The van der Waals surface area contributed by atoms with E-state index in [0.717, 1.165) is 11.8 Å². The Bertz CT molecular complexity index is 475. The third-order valence-electron chi connectivity index (χ3n) is 3.07. The quantitative estimate of drug-likeness (QED) is 0.768. The van der Waals surface area contributed by atoms with Gasteiger partial charge in [-0.1, -0.05) is 42.8 Å². The molecule has 0 aromatic heterocycles. The molecule has 1 rings (SSSR count). The SMILES string of the molecule is CC(C)(C)C(CCBr)NC(=O)c1cccc(OC(F)F)c1. The summed E-state index contributed by atoms with van der Waals surface area (Å²) in [6.45, 7) is 3.21.